The Labute approximate surface area is 117 Å². The summed E-state index contributed by atoms with van der Waals surface area (Å²) in [5.41, 5.74) is 3.93. The number of H-pyrrole nitrogens is 1. The summed E-state index contributed by atoms with van der Waals surface area (Å²) >= 11 is 0. The smallest absolute Gasteiger partial charge is 0.220 e. The van der Waals surface area contributed by atoms with Crippen LogP contribution in [0.1, 0.15) is 28.9 Å². The van der Waals surface area contributed by atoms with E-state index in [0.29, 0.717) is 19.4 Å². The van der Waals surface area contributed by atoms with Crippen LogP contribution in [0.4, 0.5) is 4.39 Å². The van der Waals surface area contributed by atoms with E-state index < -0.39 is 0 Å². The van der Waals surface area contributed by atoms with E-state index in [4.69, 9.17) is 0 Å². The average Bonchev–Trinajstić information content (AvgIpc) is 2.75. The number of aromatic amines is 1. The molecule has 0 aliphatic heterocycles. The lowest BCUT2D eigenvalue weighted by molar-refractivity contribution is -0.121. The van der Waals surface area contributed by atoms with Crippen LogP contribution >= 0.6 is 0 Å². The average molecular weight is 275 g/mol. The number of carbonyl (C=O) groups excluding carboxylic acids is 1. The second-order valence-electron chi connectivity index (χ2n) is 4.82. The van der Waals surface area contributed by atoms with Gasteiger partial charge in [0, 0.05) is 18.7 Å². The van der Waals surface area contributed by atoms with E-state index in [1.165, 1.54) is 12.1 Å². The summed E-state index contributed by atoms with van der Waals surface area (Å²) in [6.45, 7) is 4.30. The molecule has 0 saturated carbocycles. The number of rotatable bonds is 5. The minimum Gasteiger partial charge on any atom is -0.352 e. The minimum absolute atomic E-state index is 0.0191. The van der Waals surface area contributed by atoms with Crippen LogP contribution in [0.2, 0.25) is 0 Å². The van der Waals surface area contributed by atoms with Gasteiger partial charge in [0.05, 0.1) is 5.69 Å². The molecule has 0 unspecified atom stereocenters. The largest absolute Gasteiger partial charge is 0.352 e. The lowest BCUT2D eigenvalue weighted by atomic mass is 10.1. The number of aryl methyl sites for hydroxylation is 2. The molecule has 2 N–H and O–H groups in total. The van der Waals surface area contributed by atoms with Crippen LogP contribution in [0.5, 0.6) is 0 Å². The number of hydrogen-bond acceptors (Lipinski definition) is 2. The molecule has 2 rings (SSSR count). The van der Waals surface area contributed by atoms with Crippen molar-refractivity contribution in [1.29, 1.82) is 0 Å². The van der Waals surface area contributed by atoms with Gasteiger partial charge in [0.15, 0.2) is 0 Å². The van der Waals surface area contributed by atoms with Gasteiger partial charge in [-0.05, 0) is 43.5 Å². The first-order chi connectivity index (χ1) is 9.56. The highest BCUT2D eigenvalue weighted by Crippen LogP contribution is 2.11. The number of benzene rings is 1. The molecule has 106 valence electrons. The molecule has 0 fully saturated rings. The molecule has 0 atom stereocenters. The summed E-state index contributed by atoms with van der Waals surface area (Å²) in [4.78, 5) is 11.8. The zero-order chi connectivity index (χ0) is 14.5. The van der Waals surface area contributed by atoms with Gasteiger partial charge in [-0.15, -0.1) is 0 Å². The molecule has 0 aliphatic rings. The van der Waals surface area contributed by atoms with Crippen LogP contribution in [0.3, 0.4) is 0 Å². The fourth-order valence-electron chi connectivity index (χ4n) is 2.07. The SMILES string of the molecule is Cc1n[nH]c(C)c1CCC(=O)NCc1ccc(F)cc1. The molecule has 4 nitrogen and oxygen atoms in total. The van der Waals surface area contributed by atoms with Crippen molar-refractivity contribution in [3.8, 4) is 0 Å². The number of nitrogens with one attached hydrogen (secondary N) is 2. The Kier molecular flexibility index (Phi) is 4.50. The Balaban J connectivity index is 1.80. The molecule has 0 radical (unpaired) electrons. The van der Waals surface area contributed by atoms with E-state index in [1.54, 1.807) is 12.1 Å². The third kappa shape index (κ3) is 3.66. The maximum Gasteiger partial charge on any atom is 0.220 e. The van der Waals surface area contributed by atoms with Crippen LogP contribution < -0.4 is 5.32 Å². The highest BCUT2D eigenvalue weighted by molar-refractivity contribution is 5.76. The lowest BCUT2D eigenvalue weighted by Crippen LogP contribution is -2.23. The number of carbonyl (C=O) groups is 1. The fraction of sp³-hybridized carbons (Fsp3) is 0.333. The Bertz CT molecular complexity index is 570. The molecule has 1 aromatic carbocycles. The molecule has 1 amide bonds. The van der Waals surface area contributed by atoms with Gasteiger partial charge in [-0.1, -0.05) is 12.1 Å². The van der Waals surface area contributed by atoms with Crippen LogP contribution in [-0.2, 0) is 17.8 Å². The maximum absolute atomic E-state index is 12.7. The van der Waals surface area contributed by atoms with Gasteiger partial charge in [0.2, 0.25) is 5.91 Å². The maximum atomic E-state index is 12.7. The second kappa shape index (κ2) is 6.32. The number of halogens is 1. The molecule has 0 saturated heterocycles. The zero-order valence-corrected chi connectivity index (χ0v) is 11.7. The molecular weight excluding hydrogens is 257 g/mol. The Morgan fingerprint density at radius 3 is 2.60 bits per heavy atom. The van der Waals surface area contributed by atoms with Crippen molar-refractivity contribution < 1.29 is 9.18 Å². The van der Waals surface area contributed by atoms with Crippen molar-refractivity contribution in [3.05, 3.63) is 52.6 Å². The summed E-state index contributed by atoms with van der Waals surface area (Å²) in [6, 6.07) is 6.11. The molecule has 2 aromatic rings. The number of nitrogens with zero attached hydrogens (tertiary/aromatic N) is 1. The van der Waals surface area contributed by atoms with E-state index in [-0.39, 0.29) is 11.7 Å². The van der Waals surface area contributed by atoms with Crippen molar-refractivity contribution in [2.45, 2.75) is 33.2 Å². The first-order valence-corrected chi connectivity index (χ1v) is 6.58. The van der Waals surface area contributed by atoms with Crippen LogP contribution in [0.15, 0.2) is 24.3 Å². The standard InChI is InChI=1S/C15H18FN3O/c1-10-14(11(2)19-18-10)7-8-15(20)17-9-12-3-5-13(16)6-4-12/h3-6H,7-9H2,1-2H3,(H,17,20)(H,18,19). The van der Waals surface area contributed by atoms with E-state index in [1.807, 2.05) is 13.8 Å². The van der Waals surface area contributed by atoms with Gasteiger partial charge >= 0.3 is 0 Å². The first kappa shape index (κ1) is 14.2. The highest BCUT2D eigenvalue weighted by atomic mass is 19.1. The highest BCUT2D eigenvalue weighted by Gasteiger charge is 2.09. The van der Waals surface area contributed by atoms with E-state index in [2.05, 4.69) is 15.5 Å². The molecule has 1 heterocycles. The lowest BCUT2D eigenvalue weighted by Gasteiger charge is -2.05. The predicted octanol–water partition coefficient (Wildman–Crippen LogP) is 2.41. The summed E-state index contributed by atoms with van der Waals surface area (Å²) in [6.07, 6.45) is 1.09. The van der Waals surface area contributed by atoms with Crippen LogP contribution in [-0.4, -0.2) is 16.1 Å². The van der Waals surface area contributed by atoms with Crippen LogP contribution in [0, 0.1) is 19.7 Å². The van der Waals surface area contributed by atoms with Crippen molar-refractivity contribution in [2.75, 3.05) is 0 Å². The van der Waals surface area contributed by atoms with E-state index in [0.717, 1.165) is 22.5 Å². The molecular formula is C15H18FN3O. The zero-order valence-electron chi connectivity index (χ0n) is 11.7. The van der Waals surface area contributed by atoms with Crippen LogP contribution in [0.25, 0.3) is 0 Å². The van der Waals surface area contributed by atoms with Crippen molar-refractivity contribution in [3.63, 3.8) is 0 Å². The third-order valence-electron chi connectivity index (χ3n) is 3.29. The van der Waals surface area contributed by atoms with Gasteiger partial charge in [-0.25, -0.2) is 4.39 Å². The molecule has 0 spiro atoms. The summed E-state index contributed by atoms with van der Waals surface area (Å²) < 4.78 is 12.7. The molecule has 0 bridgehead atoms. The summed E-state index contributed by atoms with van der Waals surface area (Å²) in [5, 5.41) is 9.84. The molecule has 5 heteroatoms. The second-order valence-corrected chi connectivity index (χ2v) is 4.82. The van der Waals surface area contributed by atoms with Crippen molar-refractivity contribution in [1.82, 2.24) is 15.5 Å². The van der Waals surface area contributed by atoms with Gasteiger partial charge in [0.1, 0.15) is 5.82 Å². The molecule has 0 aliphatic carbocycles. The Morgan fingerprint density at radius 2 is 2.00 bits per heavy atom. The van der Waals surface area contributed by atoms with Gasteiger partial charge in [0.25, 0.3) is 0 Å². The Hall–Kier alpha value is -2.17. The first-order valence-electron chi connectivity index (χ1n) is 6.58. The Morgan fingerprint density at radius 1 is 1.30 bits per heavy atom. The number of hydrogen-bond donors (Lipinski definition) is 2. The summed E-state index contributed by atoms with van der Waals surface area (Å²) in [7, 11) is 0. The molecule has 1 aromatic heterocycles. The summed E-state index contributed by atoms with van der Waals surface area (Å²) in [5.74, 6) is -0.291. The van der Waals surface area contributed by atoms with Gasteiger partial charge in [-0.3, -0.25) is 9.89 Å². The van der Waals surface area contributed by atoms with E-state index >= 15 is 0 Å². The quantitative estimate of drug-likeness (QED) is 0.880. The van der Waals surface area contributed by atoms with Gasteiger partial charge < -0.3 is 5.32 Å². The number of amides is 1. The van der Waals surface area contributed by atoms with Crippen molar-refractivity contribution >= 4 is 5.91 Å². The van der Waals surface area contributed by atoms with Gasteiger partial charge in [-0.2, -0.15) is 5.10 Å². The minimum atomic E-state index is -0.272. The topological polar surface area (TPSA) is 57.8 Å². The molecule has 20 heavy (non-hydrogen) atoms. The van der Waals surface area contributed by atoms with E-state index in [9.17, 15) is 9.18 Å². The van der Waals surface area contributed by atoms with Crippen molar-refractivity contribution in [2.24, 2.45) is 0 Å². The monoisotopic (exact) mass is 275 g/mol. The predicted molar refractivity (Wildman–Crippen MR) is 74.6 cm³/mol. The normalized spacial score (nSPS) is 10.6. The third-order valence-corrected chi connectivity index (χ3v) is 3.29. The fourth-order valence-corrected chi connectivity index (χ4v) is 2.07. The number of aromatic nitrogens is 2.